The molecule has 6 N–H and O–H groups in total. The van der Waals surface area contributed by atoms with Gasteiger partial charge in [-0.3, -0.25) is 9.79 Å². The summed E-state index contributed by atoms with van der Waals surface area (Å²) in [6.07, 6.45) is 3.09. The summed E-state index contributed by atoms with van der Waals surface area (Å²) in [6.45, 7) is 0.626. The minimum atomic E-state index is -0.253. The highest BCUT2D eigenvalue weighted by Gasteiger charge is 1.93. The molecule has 0 unspecified atom stereocenters. The molecule has 0 aliphatic carbocycles. The number of nitrogens with two attached hydrogens (primary N) is 3. The number of carbonyl (C=O) groups is 1. The second-order valence-corrected chi connectivity index (χ2v) is 2.58. The quantitative estimate of drug-likeness (QED) is 0.318. The van der Waals surface area contributed by atoms with Gasteiger partial charge in [-0.25, -0.2) is 0 Å². The van der Waals surface area contributed by atoms with Crippen molar-refractivity contribution in [1.82, 2.24) is 0 Å². The average Bonchev–Trinajstić information content (AvgIpc) is 1.95. The van der Waals surface area contributed by atoms with Gasteiger partial charge < -0.3 is 17.2 Å². The van der Waals surface area contributed by atoms with Gasteiger partial charge in [-0.2, -0.15) is 0 Å². The number of hydrogen-bond acceptors (Lipinski definition) is 2. The number of nitrogens with zero attached hydrogens (tertiary/aromatic N) is 1. The molecule has 0 fully saturated rings. The first-order chi connectivity index (χ1) is 5.63. The van der Waals surface area contributed by atoms with E-state index in [9.17, 15) is 4.79 Å². The lowest BCUT2D eigenvalue weighted by atomic mass is 10.2. The van der Waals surface area contributed by atoms with Crippen LogP contribution >= 0.6 is 12.4 Å². The molecule has 0 aromatic rings. The average molecular weight is 209 g/mol. The minimum Gasteiger partial charge on any atom is -0.370 e. The van der Waals surface area contributed by atoms with Crippen molar-refractivity contribution in [2.24, 2.45) is 22.2 Å². The maximum Gasteiger partial charge on any atom is 0.217 e. The van der Waals surface area contributed by atoms with Crippen LogP contribution in [-0.2, 0) is 4.79 Å². The van der Waals surface area contributed by atoms with E-state index in [2.05, 4.69) is 4.99 Å². The Morgan fingerprint density at radius 1 is 1.08 bits per heavy atom. The first-order valence-electron chi connectivity index (χ1n) is 3.96. The fourth-order valence-corrected chi connectivity index (χ4v) is 0.796. The number of carbonyl (C=O) groups excluding carboxylic acids is 1. The molecule has 0 spiro atoms. The molecule has 1 amide bonds. The number of halogens is 1. The number of unbranched alkanes of at least 4 members (excludes halogenated alkanes) is 2. The molecule has 0 aromatic heterocycles. The second kappa shape index (κ2) is 9.12. The summed E-state index contributed by atoms with van der Waals surface area (Å²) in [5.41, 5.74) is 15.2. The van der Waals surface area contributed by atoms with Crippen LogP contribution in [0.1, 0.15) is 25.7 Å². The molecule has 0 saturated carbocycles. The Morgan fingerprint density at radius 2 is 1.69 bits per heavy atom. The molecular formula is C7H17ClN4O. The summed E-state index contributed by atoms with van der Waals surface area (Å²) in [5, 5.41) is 0. The zero-order valence-corrected chi connectivity index (χ0v) is 8.35. The smallest absolute Gasteiger partial charge is 0.217 e. The zero-order chi connectivity index (χ0) is 9.40. The van der Waals surface area contributed by atoms with E-state index in [-0.39, 0.29) is 24.3 Å². The Hall–Kier alpha value is -0.970. The molecule has 6 heteroatoms. The van der Waals surface area contributed by atoms with E-state index >= 15 is 0 Å². The van der Waals surface area contributed by atoms with Crippen LogP contribution in [0, 0.1) is 0 Å². The van der Waals surface area contributed by atoms with Crippen molar-refractivity contribution < 1.29 is 4.79 Å². The maximum absolute atomic E-state index is 10.3. The van der Waals surface area contributed by atoms with E-state index < -0.39 is 0 Å². The monoisotopic (exact) mass is 208 g/mol. The molecule has 0 aliphatic heterocycles. The third-order valence-electron chi connectivity index (χ3n) is 1.38. The van der Waals surface area contributed by atoms with Gasteiger partial charge >= 0.3 is 0 Å². The van der Waals surface area contributed by atoms with Crippen LogP contribution < -0.4 is 17.2 Å². The second-order valence-electron chi connectivity index (χ2n) is 2.58. The molecule has 5 nitrogen and oxygen atoms in total. The largest absolute Gasteiger partial charge is 0.370 e. The number of guanidine groups is 1. The lowest BCUT2D eigenvalue weighted by molar-refractivity contribution is -0.118. The summed E-state index contributed by atoms with van der Waals surface area (Å²) >= 11 is 0. The molecule has 0 rings (SSSR count). The number of hydrogen-bond donors (Lipinski definition) is 3. The van der Waals surface area contributed by atoms with E-state index in [1.807, 2.05) is 0 Å². The van der Waals surface area contributed by atoms with Crippen LogP contribution in [-0.4, -0.2) is 18.4 Å². The highest BCUT2D eigenvalue weighted by Crippen LogP contribution is 1.98. The predicted molar refractivity (Wildman–Crippen MR) is 55.6 cm³/mol. The molecule has 78 valence electrons. The van der Waals surface area contributed by atoms with E-state index in [0.29, 0.717) is 13.0 Å². The summed E-state index contributed by atoms with van der Waals surface area (Å²) in [7, 11) is 0. The van der Waals surface area contributed by atoms with Gasteiger partial charge in [-0.1, -0.05) is 6.42 Å². The van der Waals surface area contributed by atoms with E-state index in [4.69, 9.17) is 17.2 Å². The van der Waals surface area contributed by atoms with Crippen molar-refractivity contribution in [1.29, 1.82) is 0 Å². The number of amides is 1. The molecule has 0 aromatic carbocycles. The Labute approximate surface area is 84.2 Å². The number of primary amides is 1. The Bertz CT molecular complexity index is 168. The minimum absolute atomic E-state index is 0. The Morgan fingerprint density at radius 3 is 2.15 bits per heavy atom. The van der Waals surface area contributed by atoms with Crippen LogP contribution in [0.15, 0.2) is 4.99 Å². The lowest BCUT2D eigenvalue weighted by Gasteiger charge is -1.96. The van der Waals surface area contributed by atoms with Crippen LogP contribution in [0.25, 0.3) is 0 Å². The van der Waals surface area contributed by atoms with E-state index in [0.717, 1.165) is 19.3 Å². The highest BCUT2D eigenvalue weighted by molar-refractivity contribution is 5.85. The zero-order valence-electron chi connectivity index (χ0n) is 7.53. The van der Waals surface area contributed by atoms with Gasteiger partial charge in [0.2, 0.25) is 5.91 Å². The summed E-state index contributed by atoms with van der Waals surface area (Å²) in [4.78, 5) is 14.1. The van der Waals surface area contributed by atoms with Gasteiger partial charge in [-0.15, -0.1) is 12.4 Å². The molecular weight excluding hydrogens is 192 g/mol. The lowest BCUT2D eigenvalue weighted by Crippen LogP contribution is -2.22. The van der Waals surface area contributed by atoms with Crippen molar-refractivity contribution >= 4 is 24.3 Å². The molecule has 0 aliphatic rings. The van der Waals surface area contributed by atoms with Gasteiger partial charge in [0.1, 0.15) is 0 Å². The first-order valence-corrected chi connectivity index (χ1v) is 3.96. The van der Waals surface area contributed by atoms with Crippen LogP contribution in [0.3, 0.4) is 0 Å². The van der Waals surface area contributed by atoms with Gasteiger partial charge in [0.05, 0.1) is 0 Å². The number of rotatable bonds is 6. The van der Waals surface area contributed by atoms with Crippen molar-refractivity contribution in [3.05, 3.63) is 0 Å². The van der Waals surface area contributed by atoms with Gasteiger partial charge in [-0.05, 0) is 12.8 Å². The molecule has 0 bridgehead atoms. The van der Waals surface area contributed by atoms with E-state index in [1.165, 1.54) is 0 Å². The highest BCUT2D eigenvalue weighted by atomic mass is 35.5. The first kappa shape index (κ1) is 14.5. The third kappa shape index (κ3) is 13.9. The van der Waals surface area contributed by atoms with Crippen molar-refractivity contribution in [3.63, 3.8) is 0 Å². The van der Waals surface area contributed by atoms with Gasteiger partial charge in [0, 0.05) is 13.0 Å². The molecule has 0 atom stereocenters. The molecule has 0 heterocycles. The van der Waals surface area contributed by atoms with Gasteiger partial charge in [0.15, 0.2) is 5.96 Å². The molecule has 0 saturated heterocycles. The predicted octanol–water partition coefficient (Wildman–Crippen LogP) is -0.273. The Kier molecular flexibility index (Phi) is 10.2. The Balaban J connectivity index is 0. The van der Waals surface area contributed by atoms with Crippen LogP contribution in [0.5, 0.6) is 0 Å². The normalized spacial score (nSPS) is 8.62. The number of aliphatic imine (C=N–C) groups is 1. The van der Waals surface area contributed by atoms with Gasteiger partial charge in [0.25, 0.3) is 0 Å². The van der Waals surface area contributed by atoms with E-state index in [1.54, 1.807) is 0 Å². The van der Waals surface area contributed by atoms with Crippen molar-refractivity contribution in [2.45, 2.75) is 25.7 Å². The topological polar surface area (TPSA) is 107 Å². The van der Waals surface area contributed by atoms with Crippen molar-refractivity contribution in [3.8, 4) is 0 Å². The fourth-order valence-electron chi connectivity index (χ4n) is 0.796. The SMILES string of the molecule is Cl.NC(=O)CCCCCN=C(N)N. The maximum atomic E-state index is 10.3. The van der Waals surface area contributed by atoms with Crippen LogP contribution in [0.4, 0.5) is 0 Å². The standard InChI is InChI=1S/C7H16N4O.ClH/c8-6(12)4-2-1-3-5-11-7(9)10;/h1-5H2,(H2,8,12)(H4,9,10,11);1H. The third-order valence-corrected chi connectivity index (χ3v) is 1.38. The molecule has 0 radical (unpaired) electrons. The van der Waals surface area contributed by atoms with Crippen LogP contribution in [0.2, 0.25) is 0 Å². The molecule has 13 heavy (non-hydrogen) atoms. The van der Waals surface area contributed by atoms with Crippen molar-refractivity contribution in [2.75, 3.05) is 6.54 Å². The summed E-state index contributed by atoms with van der Waals surface area (Å²) in [5.74, 6) is -0.137. The summed E-state index contributed by atoms with van der Waals surface area (Å²) in [6, 6.07) is 0. The fraction of sp³-hybridized carbons (Fsp3) is 0.714. The summed E-state index contributed by atoms with van der Waals surface area (Å²) < 4.78 is 0.